The molecule has 0 aromatic rings. The van der Waals surface area contributed by atoms with Gasteiger partial charge in [-0.3, -0.25) is 0 Å². The maximum atomic E-state index is 5.54. The Bertz CT molecular complexity index is 183. The van der Waals surface area contributed by atoms with Gasteiger partial charge in [0.25, 0.3) is 0 Å². The van der Waals surface area contributed by atoms with Crippen molar-refractivity contribution in [3.63, 3.8) is 0 Å². The number of ether oxygens (including phenoxy) is 3. The molecule has 4 nitrogen and oxygen atoms in total. The van der Waals surface area contributed by atoms with Crippen LogP contribution in [0.15, 0.2) is 0 Å². The largest absolute Gasteiger partial charge is 0.377 e. The van der Waals surface area contributed by atoms with E-state index in [4.69, 9.17) is 14.2 Å². The Kier molecular flexibility index (Phi) is 3.97. The van der Waals surface area contributed by atoms with Crippen molar-refractivity contribution in [2.24, 2.45) is 0 Å². The van der Waals surface area contributed by atoms with Gasteiger partial charge in [0.05, 0.1) is 18.3 Å². The normalized spacial score (nSPS) is 29.8. The predicted molar refractivity (Wildman–Crippen MR) is 56.8 cm³/mol. The minimum absolute atomic E-state index is 0.116. The molecule has 2 aliphatic rings. The van der Waals surface area contributed by atoms with Crippen molar-refractivity contribution < 1.29 is 14.2 Å². The number of rotatable bonds is 5. The third-order valence-electron chi connectivity index (χ3n) is 3.49. The molecule has 0 aromatic carbocycles. The summed E-state index contributed by atoms with van der Waals surface area (Å²) in [5.74, 6) is 0. The van der Waals surface area contributed by atoms with Crippen LogP contribution in [0.25, 0.3) is 0 Å². The molecular weight excluding hydrogens is 194 g/mol. The Balaban J connectivity index is 1.61. The van der Waals surface area contributed by atoms with E-state index in [2.05, 4.69) is 5.32 Å². The quantitative estimate of drug-likeness (QED) is 0.740. The summed E-state index contributed by atoms with van der Waals surface area (Å²) in [6.45, 7) is 3.13. The lowest BCUT2D eigenvalue weighted by Gasteiger charge is -2.41. The van der Waals surface area contributed by atoms with E-state index in [0.29, 0.717) is 12.9 Å². The lowest BCUT2D eigenvalue weighted by Crippen LogP contribution is -2.49. The summed E-state index contributed by atoms with van der Waals surface area (Å²) < 4.78 is 16.1. The van der Waals surface area contributed by atoms with Crippen LogP contribution in [0.4, 0.5) is 0 Å². The van der Waals surface area contributed by atoms with E-state index in [0.717, 1.165) is 26.1 Å². The van der Waals surface area contributed by atoms with E-state index in [9.17, 15) is 0 Å². The summed E-state index contributed by atoms with van der Waals surface area (Å²) in [6.07, 6.45) is 4.97. The average Bonchev–Trinajstić information content (AvgIpc) is 2.24. The highest BCUT2D eigenvalue weighted by Gasteiger charge is 2.36. The topological polar surface area (TPSA) is 39.7 Å². The second-order valence-corrected chi connectivity index (χ2v) is 4.48. The van der Waals surface area contributed by atoms with Crippen molar-refractivity contribution in [1.82, 2.24) is 5.32 Å². The standard InChI is InChI=1S/C11H21NO3/c1-13-11(4-2-5-11)8-12-7-10-3-6-14-9-15-10/h10,12H,2-9H2,1H3. The predicted octanol–water partition coefficient (Wildman–Crippen LogP) is 0.908. The van der Waals surface area contributed by atoms with E-state index < -0.39 is 0 Å². The molecule has 2 rings (SSSR count). The van der Waals surface area contributed by atoms with Gasteiger partial charge in [-0.25, -0.2) is 0 Å². The average molecular weight is 215 g/mol. The Hall–Kier alpha value is -0.160. The fourth-order valence-electron chi connectivity index (χ4n) is 2.15. The fraction of sp³-hybridized carbons (Fsp3) is 1.00. The smallest absolute Gasteiger partial charge is 0.147 e. The van der Waals surface area contributed by atoms with Gasteiger partial charge in [0, 0.05) is 20.2 Å². The summed E-state index contributed by atoms with van der Waals surface area (Å²) in [4.78, 5) is 0. The molecule has 1 unspecified atom stereocenters. The zero-order valence-electron chi connectivity index (χ0n) is 9.46. The van der Waals surface area contributed by atoms with Crippen LogP contribution in [0.2, 0.25) is 0 Å². The van der Waals surface area contributed by atoms with Crippen LogP contribution in [-0.2, 0) is 14.2 Å². The fourth-order valence-corrected chi connectivity index (χ4v) is 2.15. The maximum absolute atomic E-state index is 5.54. The molecule has 0 radical (unpaired) electrons. The first-order valence-corrected chi connectivity index (χ1v) is 5.80. The van der Waals surface area contributed by atoms with Gasteiger partial charge >= 0.3 is 0 Å². The van der Waals surface area contributed by atoms with Crippen LogP contribution >= 0.6 is 0 Å². The molecule has 1 atom stereocenters. The molecular formula is C11H21NO3. The summed E-state index contributed by atoms with van der Waals surface area (Å²) in [6, 6.07) is 0. The number of hydrogen-bond donors (Lipinski definition) is 1. The molecule has 15 heavy (non-hydrogen) atoms. The van der Waals surface area contributed by atoms with Gasteiger partial charge in [-0.15, -0.1) is 0 Å². The first-order chi connectivity index (χ1) is 7.35. The molecule has 0 aromatic heterocycles. The van der Waals surface area contributed by atoms with Crippen LogP contribution in [-0.4, -0.2) is 45.3 Å². The van der Waals surface area contributed by atoms with Gasteiger partial charge < -0.3 is 19.5 Å². The van der Waals surface area contributed by atoms with Gasteiger partial charge in [0.15, 0.2) is 0 Å². The summed E-state index contributed by atoms with van der Waals surface area (Å²) in [7, 11) is 1.81. The monoisotopic (exact) mass is 215 g/mol. The van der Waals surface area contributed by atoms with Gasteiger partial charge in [-0.2, -0.15) is 0 Å². The lowest BCUT2D eigenvalue weighted by molar-refractivity contribution is -0.139. The molecule has 1 saturated carbocycles. The molecule has 2 fully saturated rings. The lowest BCUT2D eigenvalue weighted by atomic mass is 9.80. The molecule has 0 spiro atoms. The zero-order valence-corrected chi connectivity index (χ0v) is 9.46. The summed E-state index contributed by atoms with van der Waals surface area (Å²) >= 11 is 0. The Morgan fingerprint density at radius 1 is 1.47 bits per heavy atom. The molecule has 1 heterocycles. The first kappa shape index (κ1) is 11.3. The second kappa shape index (κ2) is 5.25. The van der Waals surface area contributed by atoms with Crippen LogP contribution < -0.4 is 5.32 Å². The highest BCUT2D eigenvalue weighted by Crippen LogP contribution is 2.34. The molecule has 1 aliphatic carbocycles. The molecule has 1 saturated heterocycles. The van der Waals surface area contributed by atoms with E-state index in [1.54, 1.807) is 0 Å². The second-order valence-electron chi connectivity index (χ2n) is 4.48. The number of hydrogen-bond acceptors (Lipinski definition) is 4. The van der Waals surface area contributed by atoms with E-state index in [1.165, 1.54) is 19.3 Å². The first-order valence-electron chi connectivity index (χ1n) is 5.80. The number of nitrogens with one attached hydrogen (secondary N) is 1. The van der Waals surface area contributed by atoms with Gasteiger partial charge in [0.1, 0.15) is 6.79 Å². The van der Waals surface area contributed by atoms with E-state index in [1.807, 2.05) is 7.11 Å². The van der Waals surface area contributed by atoms with E-state index >= 15 is 0 Å². The minimum atomic E-state index is 0.116. The van der Waals surface area contributed by atoms with Crippen LogP contribution in [0.1, 0.15) is 25.7 Å². The van der Waals surface area contributed by atoms with Crippen LogP contribution in [0, 0.1) is 0 Å². The maximum Gasteiger partial charge on any atom is 0.147 e. The third kappa shape index (κ3) is 2.91. The zero-order chi connectivity index (χ0) is 10.6. The Morgan fingerprint density at radius 2 is 2.33 bits per heavy atom. The highest BCUT2D eigenvalue weighted by atomic mass is 16.7. The SMILES string of the molecule is COC1(CNCC2CCOCO2)CCC1. The Morgan fingerprint density at radius 3 is 2.87 bits per heavy atom. The number of methoxy groups -OCH3 is 1. The van der Waals surface area contributed by atoms with Crippen molar-refractivity contribution in [3.05, 3.63) is 0 Å². The molecule has 4 heteroatoms. The van der Waals surface area contributed by atoms with Crippen molar-refractivity contribution in [2.75, 3.05) is 33.6 Å². The molecule has 1 aliphatic heterocycles. The van der Waals surface area contributed by atoms with Crippen molar-refractivity contribution in [3.8, 4) is 0 Å². The molecule has 0 bridgehead atoms. The summed E-state index contributed by atoms with van der Waals surface area (Å²) in [5.41, 5.74) is 0.116. The van der Waals surface area contributed by atoms with Crippen molar-refractivity contribution in [2.45, 2.75) is 37.4 Å². The van der Waals surface area contributed by atoms with Gasteiger partial charge in [-0.05, 0) is 25.7 Å². The van der Waals surface area contributed by atoms with Crippen LogP contribution in [0.5, 0.6) is 0 Å². The van der Waals surface area contributed by atoms with Gasteiger partial charge in [-0.1, -0.05) is 0 Å². The van der Waals surface area contributed by atoms with Crippen LogP contribution in [0.3, 0.4) is 0 Å². The molecule has 88 valence electrons. The third-order valence-corrected chi connectivity index (χ3v) is 3.49. The highest BCUT2D eigenvalue weighted by molar-refractivity contribution is 4.91. The molecule has 1 N–H and O–H groups in total. The Labute approximate surface area is 91.3 Å². The molecule has 0 amide bonds. The van der Waals surface area contributed by atoms with Gasteiger partial charge in [0.2, 0.25) is 0 Å². The summed E-state index contributed by atoms with van der Waals surface area (Å²) in [5, 5.41) is 3.44. The van der Waals surface area contributed by atoms with Crippen molar-refractivity contribution in [1.29, 1.82) is 0 Å². The van der Waals surface area contributed by atoms with E-state index in [-0.39, 0.29) is 5.60 Å². The van der Waals surface area contributed by atoms with Crippen molar-refractivity contribution >= 4 is 0 Å². The minimum Gasteiger partial charge on any atom is -0.377 e.